The molecule has 126 valence electrons. The van der Waals surface area contributed by atoms with Gasteiger partial charge < -0.3 is 30.1 Å². The minimum absolute atomic E-state index is 0.536. The van der Waals surface area contributed by atoms with Crippen molar-refractivity contribution in [2.45, 2.75) is 43.9 Å². The third-order valence-corrected chi connectivity index (χ3v) is 3.52. The molecule has 0 amide bonds. The molecule has 10 heteroatoms. The molecule has 0 spiro atoms. The van der Waals surface area contributed by atoms with Gasteiger partial charge in [0.1, 0.15) is 6.61 Å². The number of hydrogen-bond donors (Lipinski definition) is 4. The van der Waals surface area contributed by atoms with Gasteiger partial charge in [-0.05, 0) is 12.8 Å². The van der Waals surface area contributed by atoms with E-state index in [0.29, 0.717) is 6.04 Å². The fraction of sp³-hybridized carbons (Fsp3) is 0.909. The first-order chi connectivity index (χ1) is 9.67. The summed E-state index contributed by atoms with van der Waals surface area (Å²) in [6, 6.07) is 0.536. The lowest BCUT2D eigenvalue weighted by atomic mass is 9.97. The van der Waals surface area contributed by atoms with Crippen molar-refractivity contribution in [3.63, 3.8) is 0 Å². The number of phosphoric acid groups is 1. The Morgan fingerprint density at radius 1 is 1.24 bits per heavy atom. The molecular weight excluding hydrogens is 305 g/mol. The van der Waals surface area contributed by atoms with Crippen LogP contribution in [0.4, 0.5) is 0 Å². The first-order valence-electron chi connectivity index (χ1n) is 6.46. The van der Waals surface area contributed by atoms with E-state index in [1.807, 2.05) is 0 Å². The number of methoxy groups -OCH3 is 2. The first kappa shape index (κ1) is 20.5. The van der Waals surface area contributed by atoms with Crippen LogP contribution in [0.3, 0.4) is 0 Å². The summed E-state index contributed by atoms with van der Waals surface area (Å²) in [6.45, 7) is -0.917. The smallest absolute Gasteiger partial charge is 0.469 e. The summed E-state index contributed by atoms with van der Waals surface area (Å²) >= 11 is 0. The molecule has 0 bridgehead atoms. The van der Waals surface area contributed by atoms with Gasteiger partial charge in [-0.3, -0.25) is 4.52 Å². The number of rotatable bonds is 6. The Labute approximate surface area is 123 Å². The van der Waals surface area contributed by atoms with Crippen LogP contribution in [0.15, 0.2) is 0 Å². The highest BCUT2D eigenvalue weighted by molar-refractivity contribution is 7.46. The van der Waals surface area contributed by atoms with Gasteiger partial charge in [0.2, 0.25) is 0 Å². The van der Waals surface area contributed by atoms with E-state index in [9.17, 15) is 9.36 Å². The summed E-state index contributed by atoms with van der Waals surface area (Å²) in [4.78, 5) is 27.3. The number of carbonyl (C=O) groups is 1. The number of nitrogens with two attached hydrogens (primary N) is 1. The monoisotopic (exact) mass is 329 g/mol. The SMILES string of the molecule is COC(COP(=O)(O)O)(OC)C(=O)O.NC1CCCCC1. The lowest BCUT2D eigenvalue weighted by molar-refractivity contribution is -0.235. The van der Waals surface area contributed by atoms with Gasteiger partial charge in [-0.25, -0.2) is 9.36 Å². The maximum absolute atomic E-state index is 10.6. The van der Waals surface area contributed by atoms with Gasteiger partial charge in [0.15, 0.2) is 0 Å². The molecule has 0 aliphatic heterocycles. The summed E-state index contributed by atoms with van der Waals surface area (Å²) in [7, 11) is -2.72. The van der Waals surface area contributed by atoms with E-state index in [2.05, 4.69) is 14.0 Å². The quantitative estimate of drug-likeness (QED) is 0.402. The summed E-state index contributed by atoms with van der Waals surface area (Å²) < 4.78 is 23.2. The molecule has 1 aliphatic rings. The van der Waals surface area contributed by atoms with Gasteiger partial charge in [0, 0.05) is 20.3 Å². The molecule has 1 aliphatic carbocycles. The van der Waals surface area contributed by atoms with Crippen LogP contribution in [0.2, 0.25) is 0 Å². The number of carboxylic acid groups (broad SMARTS) is 1. The molecule has 0 saturated heterocycles. The summed E-state index contributed by atoms with van der Waals surface area (Å²) in [6.07, 6.45) is 6.66. The van der Waals surface area contributed by atoms with Gasteiger partial charge in [0.25, 0.3) is 5.79 Å². The Kier molecular flexibility index (Phi) is 9.23. The number of aliphatic carboxylic acids is 1. The van der Waals surface area contributed by atoms with Crippen molar-refractivity contribution >= 4 is 13.8 Å². The van der Waals surface area contributed by atoms with E-state index in [1.165, 1.54) is 32.1 Å². The highest BCUT2D eigenvalue weighted by atomic mass is 31.2. The van der Waals surface area contributed by atoms with Crippen LogP contribution in [0, 0.1) is 0 Å². The van der Waals surface area contributed by atoms with Crippen molar-refractivity contribution in [2.24, 2.45) is 5.73 Å². The number of hydrogen-bond acceptors (Lipinski definition) is 6. The molecule has 21 heavy (non-hydrogen) atoms. The Hall–Kier alpha value is -0.540. The highest BCUT2D eigenvalue weighted by Gasteiger charge is 2.41. The van der Waals surface area contributed by atoms with E-state index >= 15 is 0 Å². The zero-order chi connectivity index (χ0) is 16.5. The molecule has 0 aromatic heterocycles. The van der Waals surface area contributed by atoms with Crippen LogP contribution < -0.4 is 5.73 Å². The molecule has 0 heterocycles. The van der Waals surface area contributed by atoms with Crippen molar-refractivity contribution in [1.29, 1.82) is 0 Å². The van der Waals surface area contributed by atoms with Gasteiger partial charge in [-0.15, -0.1) is 0 Å². The number of carboxylic acids is 1. The molecule has 0 unspecified atom stereocenters. The third-order valence-electron chi connectivity index (χ3n) is 3.06. The second kappa shape index (κ2) is 9.47. The van der Waals surface area contributed by atoms with Crippen molar-refractivity contribution < 1.29 is 38.3 Å². The summed E-state index contributed by atoms with van der Waals surface area (Å²) in [5, 5.41) is 8.64. The molecule has 1 saturated carbocycles. The summed E-state index contributed by atoms with van der Waals surface area (Å²) in [5.41, 5.74) is 5.63. The molecule has 0 aromatic carbocycles. The zero-order valence-electron chi connectivity index (χ0n) is 12.2. The van der Waals surface area contributed by atoms with Crippen LogP contribution in [0.25, 0.3) is 0 Å². The molecule has 1 rings (SSSR count). The molecule has 0 aromatic rings. The van der Waals surface area contributed by atoms with Crippen molar-refractivity contribution in [3.05, 3.63) is 0 Å². The predicted molar refractivity (Wildman–Crippen MR) is 73.4 cm³/mol. The average Bonchev–Trinajstić information content (AvgIpc) is 2.40. The standard InChI is InChI=1S/C6H13N.C5H11O8P/c7-6-4-2-1-3-5-6;1-11-5(12-2,4(6)7)3-13-14(8,9)10/h6H,1-5,7H2;3H2,1-2H3,(H,6,7)(H2,8,9,10). The van der Waals surface area contributed by atoms with Gasteiger partial charge in [0.05, 0.1) is 0 Å². The van der Waals surface area contributed by atoms with Crippen LogP contribution >= 0.6 is 7.82 Å². The summed E-state index contributed by atoms with van der Waals surface area (Å²) in [5.74, 6) is -3.75. The maximum atomic E-state index is 10.6. The van der Waals surface area contributed by atoms with Gasteiger partial charge in [-0.2, -0.15) is 0 Å². The molecule has 5 N–H and O–H groups in total. The second-order valence-corrected chi connectivity index (χ2v) is 5.87. The van der Waals surface area contributed by atoms with Crippen LogP contribution in [-0.4, -0.2) is 53.5 Å². The lowest BCUT2D eigenvalue weighted by Crippen LogP contribution is -2.46. The fourth-order valence-electron chi connectivity index (χ4n) is 1.74. The Morgan fingerprint density at radius 3 is 1.95 bits per heavy atom. The Balaban J connectivity index is 0.000000471. The topological polar surface area (TPSA) is 149 Å². The van der Waals surface area contributed by atoms with Crippen LogP contribution in [-0.2, 0) is 23.4 Å². The van der Waals surface area contributed by atoms with Gasteiger partial charge >= 0.3 is 13.8 Å². The van der Waals surface area contributed by atoms with Crippen molar-refractivity contribution in [3.8, 4) is 0 Å². The molecule has 0 atom stereocenters. The molecule has 1 fully saturated rings. The van der Waals surface area contributed by atoms with Crippen molar-refractivity contribution in [1.82, 2.24) is 0 Å². The second-order valence-electron chi connectivity index (χ2n) is 4.63. The largest absolute Gasteiger partial charge is 0.477 e. The minimum atomic E-state index is -4.75. The van der Waals surface area contributed by atoms with Crippen molar-refractivity contribution in [2.75, 3.05) is 20.8 Å². The molecular formula is C11H24NO8P. The highest BCUT2D eigenvalue weighted by Crippen LogP contribution is 2.37. The normalized spacial score (nSPS) is 17.0. The molecule has 0 radical (unpaired) electrons. The minimum Gasteiger partial charge on any atom is -0.477 e. The van der Waals surface area contributed by atoms with E-state index < -0.39 is 26.2 Å². The van der Waals surface area contributed by atoms with Crippen LogP contribution in [0.1, 0.15) is 32.1 Å². The predicted octanol–water partition coefficient (Wildman–Crippen LogP) is 0.447. The number of phosphoric ester groups is 1. The Morgan fingerprint density at radius 2 is 1.71 bits per heavy atom. The maximum Gasteiger partial charge on any atom is 0.469 e. The fourth-order valence-corrected chi connectivity index (χ4v) is 2.08. The number of ether oxygens (including phenoxy) is 2. The Bertz CT molecular complexity index is 348. The third kappa shape index (κ3) is 8.47. The lowest BCUT2D eigenvalue weighted by Gasteiger charge is -2.25. The van der Waals surface area contributed by atoms with E-state index in [0.717, 1.165) is 14.2 Å². The first-order valence-corrected chi connectivity index (χ1v) is 7.99. The van der Waals surface area contributed by atoms with E-state index in [4.69, 9.17) is 20.6 Å². The van der Waals surface area contributed by atoms with Crippen LogP contribution in [0.5, 0.6) is 0 Å². The van der Waals surface area contributed by atoms with E-state index in [-0.39, 0.29) is 0 Å². The zero-order valence-corrected chi connectivity index (χ0v) is 13.1. The average molecular weight is 329 g/mol. The van der Waals surface area contributed by atoms with E-state index in [1.54, 1.807) is 0 Å². The molecule has 9 nitrogen and oxygen atoms in total. The van der Waals surface area contributed by atoms with Gasteiger partial charge in [-0.1, -0.05) is 19.3 Å².